The summed E-state index contributed by atoms with van der Waals surface area (Å²) in [4.78, 5) is 47.0. The Balaban J connectivity index is 1.56. The molecule has 0 aromatic carbocycles. The van der Waals surface area contributed by atoms with Gasteiger partial charge < -0.3 is 11.1 Å². The van der Waals surface area contributed by atoms with E-state index in [0.717, 1.165) is 49.0 Å². The van der Waals surface area contributed by atoms with Crippen LogP contribution in [-0.2, 0) is 23.1 Å². The summed E-state index contributed by atoms with van der Waals surface area (Å²) in [5.41, 5.74) is 6.62. The van der Waals surface area contributed by atoms with Gasteiger partial charge in [0.25, 0.3) is 5.91 Å². The Morgan fingerprint density at radius 1 is 1.25 bits per heavy atom. The van der Waals surface area contributed by atoms with Gasteiger partial charge in [0, 0.05) is 38.6 Å². The van der Waals surface area contributed by atoms with Gasteiger partial charge in [-0.3, -0.25) is 24.1 Å². The molecule has 2 fully saturated rings. The highest BCUT2D eigenvalue weighted by Gasteiger charge is 2.55. The van der Waals surface area contributed by atoms with E-state index in [1.165, 1.54) is 11.3 Å². The zero-order valence-corrected chi connectivity index (χ0v) is 21.4. The Morgan fingerprint density at radius 3 is 2.64 bits per heavy atom. The first-order valence-electron chi connectivity index (χ1n) is 12.9. The topological polar surface area (TPSA) is 126 Å². The van der Waals surface area contributed by atoms with Crippen LogP contribution in [0.4, 0.5) is 16.4 Å². The average molecular weight is 496 g/mol. The van der Waals surface area contributed by atoms with Crippen molar-refractivity contribution < 1.29 is 14.4 Å². The van der Waals surface area contributed by atoms with Crippen molar-refractivity contribution in [2.24, 2.45) is 18.9 Å². The van der Waals surface area contributed by atoms with E-state index in [1.807, 2.05) is 0 Å². The van der Waals surface area contributed by atoms with Gasteiger partial charge in [-0.05, 0) is 49.3 Å². The first kappa shape index (κ1) is 25.7. The molecule has 10 heteroatoms. The van der Waals surface area contributed by atoms with Crippen molar-refractivity contribution in [1.82, 2.24) is 25.0 Å². The number of aryl methyl sites for hydroxylation is 1. The number of nitrogens with zero attached hydrogens (tertiary/aromatic N) is 5. The number of imide groups is 1. The third-order valence-corrected chi connectivity index (χ3v) is 7.49. The number of likely N-dealkylation sites (N-methyl/N-ethyl adjacent to an activating group) is 1. The van der Waals surface area contributed by atoms with Crippen LogP contribution < -0.4 is 16.0 Å². The van der Waals surface area contributed by atoms with Crippen LogP contribution in [0.2, 0.25) is 0 Å². The summed E-state index contributed by atoms with van der Waals surface area (Å²) in [7, 11) is 3.39. The smallest absolute Gasteiger partial charge is 0.325 e. The van der Waals surface area contributed by atoms with Crippen molar-refractivity contribution in [2.45, 2.75) is 70.4 Å². The fourth-order valence-electron chi connectivity index (χ4n) is 5.53. The van der Waals surface area contributed by atoms with Crippen molar-refractivity contribution in [1.29, 1.82) is 0 Å². The Labute approximate surface area is 212 Å². The number of hydrogen-bond acceptors (Lipinski definition) is 6. The van der Waals surface area contributed by atoms with Crippen molar-refractivity contribution in [3.05, 3.63) is 36.2 Å². The van der Waals surface area contributed by atoms with E-state index < -0.39 is 18.0 Å². The summed E-state index contributed by atoms with van der Waals surface area (Å²) < 4.78 is 1.60. The number of urea groups is 1. The molecule has 10 nitrogen and oxygen atoms in total. The number of rotatable bonds is 8. The minimum atomic E-state index is -0.924. The lowest BCUT2D eigenvalue weighted by atomic mass is 9.81. The highest BCUT2D eigenvalue weighted by atomic mass is 16.2. The molecule has 2 aromatic heterocycles. The highest BCUT2D eigenvalue weighted by Crippen LogP contribution is 2.34. The Kier molecular flexibility index (Phi) is 7.91. The molecule has 194 valence electrons. The molecule has 3 heterocycles. The summed E-state index contributed by atoms with van der Waals surface area (Å²) in [6.07, 6.45) is 11.1. The highest BCUT2D eigenvalue weighted by molar-refractivity contribution is 6.12. The van der Waals surface area contributed by atoms with Crippen LogP contribution in [0.1, 0.15) is 57.4 Å². The number of nitrogens with one attached hydrogen (secondary N) is 1. The standard InChI is InChI=1S/C26H37N7O3/c1-4-8-20(18-9-6-5-7-10-18)29-26(36)33-23(25(35)32(3)22-12-14-31(2)30-22)19(24(33)34)15-17-11-13-28-21(27)16-17/h11-14,16,18-20,23H,4-10,15H2,1-3H3,(H2,27,28)(H,29,36)/t19-,20?,23+/m1/s1. The number of likely N-dealkylation sites (tertiary alicyclic amines) is 1. The van der Waals surface area contributed by atoms with Crippen LogP contribution in [0.5, 0.6) is 0 Å². The number of nitrogen functional groups attached to an aromatic ring is 1. The normalized spacial score (nSPS) is 21.1. The molecule has 2 aliphatic rings. The van der Waals surface area contributed by atoms with Gasteiger partial charge >= 0.3 is 6.03 Å². The summed E-state index contributed by atoms with van der Waals surface area (Å²) in [6, 6.07) is 3.78. The largest absolute Gasteiger partial charge is 0.384 e. The van der Waals surface area contributed by atoms with Crippen LogP contribution in [0.25, 0.3) is 0 Å². The summed E-state index contributed by atoms with van der Waals surface area (Å²) in [6.45, 7) is 2.10. The van der Waals surface area contributed by atoms with Gasteiger partial charge in [0.2, 0.25) is 5.91 Å². The van der Waals surface area contributed by atoms with E-state index >= 15 is 0 Å². The fourth-order valence-corrected chi connectivity index (χ4v) is 5.53. The molecule has 4 amide bonds. The zero-order valence-electron chi connectivity index (χ0n) is 21.4. The van der Waals surface area contributed by atoms with Crippen molar-refractivity contribution in [3.8, 4) is 0 Å². The number of carbonyl (C=O) groups excluding carboxylic acids is 3. The molecule has 0 spiro atoms. The second-order valence-electron chi connectivity index (χ2n) is 10.0. The van der Waals surface area contributed by atoms with E-state index in [4.69, 9.17) is 5.73 Å². The molecular formula is C26H37N7O3. The average Bonchev–Trinajstić information content (AvgIpc) is 3.31. The maximum Gasteiger partial charge on any atom is 0.325 e. The molecule has 1 saturated heterocycles. The molecule has 0 bridgehead atoms. The third-order valence-electron chi connectivity index (χ3n) is 7.49. The van der Waals surface area contributed by atoms with Gasteiger partial charge in [0.15, 0.2) is 5.82 Å². The maximum atomic E-state index is 13.6. The Morgan fingerprint density at radius 2 is 2.00 bits per heavy atom. The molecule has 1 aliphatic carbocycles. The van der Waals surface area contributed by atoms with Crippen LogP contribution in [-0.4, -0.2) is 56.6 Å². The second kappa shape index (κ2) is 11.1. The number of hydrogen-bond donors (Lipinski definition) is 2. The predicted molar refractivity (Wildman–Crippen MR) is 137 cm³/mol. The van der Waals surface area contributed by atoms with Gasteiger partial charge in [-0.2, -0.15) is 5.10 Å². The lowest BCUT2D eigenvalue weighted by molar-refractivity contribution is -0.156. The monoisotopic (exact) mass is 495 g/mol. The molecule has 1 saturated carbocycles. The predicted octanol–water partition coefficient (Wildman–Crippen LogP) is 2.89. The fraction of sp³-hybridized carbons (Fsp3) is 0.577. The lowest BCUT2D eigenvalue weighted by Crippen LogP contribution is -2.71. The summed E-state index contributed by atoms with van der Waals surface area (Å²) >= 11 is 0. The Bertz CT molecular complexity index is 1090. The number of β-lactam (4-membered cyclic amide) rings is 1. The third kappa shape index (κ3) is 5.37. The minimum Gasteiger partial charge on any atom is -0.384 e. The maximum absolute atomic E-state index is 13.6. The van der Waals surface area contributed by atoms with E-state index in [0.29, 0.717) is 24.0 Å². The van der Waals surface area contributed by atoms with Crippen molar-refractivity contribution in [3.63, 3.8) is 0 Å². The van der Waals surface area contributed by atoms with Crippen molar-refractivity contribution >= 4 is 29.5 Å². The second-order valence-corrected chi connectivity index (χ2v) is 10.0. The summed E-state index contributed by atoms with van der Waals surface area (Å²) in [5, 5.41) is 7.44. The van der Waals surface area contributed by atoms with E-state index in [1.54, 1.807) is 49.4 Å². The molecule has 4 rings (SSSR count). The molecule has 3 atom stereocenters. The number of aromatic nitrogens is 3. The van der Waals surface area contributed by atoms with Crippen LogP contribution in [0.3, 0.4) is 0 Å². The van der Waals surface area contributed by atoms with Crippen molar-refractivity contribution in [2.75, 3.05) is 17.7 Å². The Hall–Kier alpha value is -3.43. The first-order chi connectivity index (χ1) is 17.3. The summed E-state index contributed by atoms with van der Waals surface area (Å²) in [5.74, 6) is -0.164. The number of pyridine rings is 1. The van der Waals surface area contributed by atoms with E-state index in [9.17, 15) is 14.4 Å². The van der Waals surface area contributed by atoms with Crippen LogP contribution >= 0.6 is 0 Å². The number of nitrogens with two attached hydrogens (primary N) is 1. The molecule has 2 aromatic rings. The van der Waals surface area contributed by atoms with Gasteiger partial charge in [-0.15, -0.1) is 0 Å². The molecule has 3 N–H and O–H groups in total. The molecule has 36 heavy (non-hydrogen) atoms. The number of anilines is 2. The van der Waals surface area contributed by atoms with Gasteiger partial charge in [0.1, 0.15) is 11.9 Å². The SMILES string of the molecule is CCCC(NC(=O)N1C(=O)[C@H](Cc2ccnc(N)c2)[C@H]1C(=O)N(C)c1ccn(C)n1)C1CCCCC1. The molecule has 0 radical (unpaired) electrons. The van der Waals surface area contributed by atoms with Crippen LogP contribution in [0, 0.1) is 11.8 Å². The molecular weight excluding hydrogens is 458 g/mol. The zero-order chi connectivity index (χ0) is 25.8. The van der Waals surface area contributed by atoms with Gasteiger partial charge in [-0.1, -0.05) is 32.6 Å². The minimum absolute atomic E-state index is 0.00100. The quantitative estimate of drug-likeness (QED) is 0.542. The van der Waals surface area contributed by atoms with Crippen LogP contribution in [0.15, 0.2) is 30.6 Å². The van der Waals surface area contributed by atoms with E-state index in [-0.39, 0.29) is 17.9 Å². The van der Waals surface area contributed by atoms with E-state index in [2.05, 4.69) is 22.3 Å². The van der Waals surface area contributed by atoms with Gasteiger partial charge in [-0.25, -0.2) is 9.78 Å². The number of carbonyl (C=O) groups is 3. The first-order valence-corrected chi connectivity index (χ1v) is 12.9. The van der Waals surface area contributed by atoms with Gasteiger partial charge in [0.05, 0.1) is 5.92 Å². The molecule has 1 aliphatic heterocycles. The lowest BCUT2D eigenvalue weighted by Gasteiger charge is -2.46. The molecule has 1 unspecified atom stereocenters. The number of amides is 4.